The number of benzene rings is 1. The molecule has 1 N–H and O–H groups in total. The van der Waals surface area contributed by atoms with E-state index in [0.29, 0.717) is 13.0 Å². The van der Waals surface area contributed by atoms with Crippen molar-refractivity contribution in [1.29, 1.82) is 0 Å². The van der Waals surface area contributed by atoms with Gasteiger partial charge in [-0.05, 0) is 30.7 Å². The standard InChI is InChI=1S/C13H16ClNO3.ClH/c1-8-5-9(3-4-11(8)14)18-10-6-12(15-7-10)13(16)17-2;/h3-5,10,12,15H,6-7H2,1-2H3;1H/t10-,12+;/m1./s1. The maximum absolute atomic E-state index is 11.4. The molecule has 0 amide bonds. The van der Waals surface area contributed by atoms with Gasteiger partial charge in [0.2, 0.25) is 0 Å². The van der Waals surface area contributed by atoms with Crippen molar-refractivity contribution in [3.63, 3.8) is 0 Å². The first kappa shape index (κ1) is 16.1. The first-order chi connectivity index (χ1) is 8.60. The van der Waals surface area contributed by atoms with E-state index in [2.05, 4.69) is 5.32 Å². The van der Waals surface area contributed by atoms with E-state index < -0.39 is 0 Å². The third-order valence-corrected chi connectivity index (χ3v) is 3.43. The molecule has 1 heterocycles. The number of methoxy groups -OCH3 is 1. The lowest BCUT2D eigenvalue weighted by atomic mass is 10.2. The highest BCUT2D eigenvalue weighted by molar-refractivity contribution is 6.31. The Hall–Kier alpha value is -0.970. The predicted molar refractivity (Wildman–Crippen MR) is 76.3 cm³/mol. The zero-order valence-corrected chi connectivity index (χ0v) is 12.4. The summed E-state index contributed by atoms with van der Waals surface area (Å²) in [5.41, 5.74) is 0.977. The molecule has 1 saturated heterocycles. The van der Waals surface area contributed by atoms with E-state index in [0.717, 1.165) is 16.3 Å². The Morgan fingerprint density at radius 1 is 1.47 bits per heavy atom. The fraction of sp³-hybridized carbons (Fsp3) is 0.462. The summed E-state index contributed by atoms with van der Waals surface area (Å²) < 4.78 is 10.5. The maximum Gasteiger partial charge on any atom is 0.323 e. The van der Waals surface area contributed by atoms with Crippen LogP contribution in [0.3, 0.4) is 0 Å². The third kappa shape index (κ3) is 4.00. The average Bonchev–Trinajstić information content (AvgIpc) is 2.81. The number of rotatable bonds is 3. The molecule has 19 heavy (non-hydrogen) atoms. The molecule has 0 unspecified atom stereocenters. The quantitative estimate of drug-likeness (QED) is 0.871. The number of hydrogen-bond acceptors (Lipinski definition) is 4. The van der Waals surface area contributed by atoms with Crippen LogP contribution in [0.4, 0.5) is 0 Å². The molecule has 1 aromatic rings. The first-order valence-electron chi connectivity index (χ1n) is 5.84. The number of esters is 1. The zero-order chi connectivity index (χ0) is 13.1. The van der Waals surface area contributed by atoms with Gasteiger partial charge in [-0.15, -0.1) is 12.4 Å². The molecule has 106 valence electrons. The number of hydrogen-bond donors (Lipinski definition) is 1. The van der Waals surface area contributed by atoms with Crippen molar-refractivity contribution < 1.29 is 14.3 Å². The Morgan fingerprint density at radius 3 is 2.84 bits per heavy atom. The van der Waals surface area contributed by atoms with Gasteiger partial charge in [0, 0.05) is 18.0 Å². The average molecular weight is 306 g/mol. The summed E-state index contributed by atoms with van der Waals surface area (Å²) in [6.45, 7) is 2.57. The van der Waals surface area contributed by atoms with Crippen LogP contribution in [-0.2, 0) is 9.53 Å². The van der Waals surface area contributed by atoms with Gasteiger partial charge in [0.05, 0.1) is 7.11 Å². The summed E-state index contributed by atoms with van der Waals surface area (Å²) in [4.78, 5) is 11.4. The van der Waals surface area contributed by atoms with Crippen molar-refractivity contribution >= 4 is 30.0 Å². The van der Waals surface area contributed by atoms with Gasteiger partial charge in [-0.25, -0.2) is 0 Å². The molecule has 0 spiro atoms. The molecule has 0 saturated carbocycles. The third-order valence-electron chi connectivity index (χ3n) is 3.01. The van der Waals surface area contributed by atoms with Crippen molar-refractivity contribution in [1.82, 2.24) is 5.32 Å². The number of aryl methyl sites for hydroxylation is 1. The molecule has 1 aromatic carbocycles. The van der Waals surface area contributed by atoms with E-state index in [1.54, 1.807) is 0 Å². The largest absolute Gasteiger partial charge is 0.489 e. The van der Waals surface area contributed by atoms with Gasteiger partial charge in [-0.1, -0.05) is 11.6 Å². The number of ether oxygens (including phenoxy) is 2. The summed E-state index contributed by atoms with van der Waals surface area (Å²) in [7, 11) is 1.39. The summed E-state index contributed by atoms with van der Waals surface area (Å²) in [6.07, 6.45) is 0.601. The predicted octanol–water partition coefficient (Wildman–Crippen LogP) is 2.35. The highest BCUT2D eigenvalue weighted by Crippen LogP contribution is 2.23. The first-order valence-corrected chi connectivity index (χ1v) is 6.22. The second kappa shape index (κ2) is 6.98. The van der Waals surface area contributed by atoms with Gasteiger partial charge >= 0.3 is 5.97 Å². The van der Waals surface area contributed by atoms with E-state index in [-0.39, 0.29) is 30.5 Å². The van der Waals surface area contributed by atoms with Crippen LogP contribution in [0.1, 0.15) is 12.0 Å². The highest BCUT2D eigenvalue weighted by Gasteiger charge is 2.31. The van der Waals surface area contributed by atoms with Crippen molar-refractivity contribution in [2.45, 2.75) is 25.5 Å². The summed E-state index contributed by atoms with van der Waals surface area (Å²) in [6, 6.07) is 5.27. The van der Waals surface area contributed by atoms with Crippen LogP contribution in [0.15, 0.2) is 18.2 Å². The van der Waals surface area contributed by atoms with E-state index in [4.69, 9.17) is 21.1 Å². The molecular weight excluding hydrogens is 289 g/mol. The number of halogens is 2. The molecule has 0 aliphatic carbocycles. The van der Waals surface area contributed by atoms with Gasteiger partial charge in [0.25, 0.3) is 0 Å². The fourth-order valence-corrected chi connectivity index (χ4v) is 2.12. The molecule has 1 aliphatic rings. The van der Waals surface area contributed by atoms with Crippen LogP contribution in [-0.4, -0.2) is 31.8 Å². The number of carbonyl (C=O) groups excluding carboxylic acids is 1. The van der Waals surface area contributed by atoms with Crippen LogP contribution < -0.4 is 10.1 Å². The Bertz CT molecular complexity index is 454. The molecule has 0 bridgehead atoms. The number of carbonyl (C=O) groups is 1. The second-order valence-electron chi connectivity index (χ2n) is 4.37. The fourth-order valence-electron chi connectivity index (χ4n) is 2.00. The van der Waals surface area contributed by atoms with Crippen molar-refractivity contribution in [2.75, 3.05) is 13.7 Å². The van der Waals surface area contributed by atoms with Crippen LogP contribution in [0, 0.1) is 6.92 Å². The van der Waals surface area contributed by atoms with Gasteiger partial charge in [-0.3, -0.25) is 4.79 Å². The van der Waals surface area contributed by atoms with Crippen LogP contribution >= 0.6 is 24.0 Å². The minimum Gasteiger partial charge on any atom is -0.489 e. The Balaban J connectivity index is 0.00000180. The van der Waals surface area contributed by atoms with Crippen LogP contribution in [0.5, 0.6) is 5.75 Å². The molecule has 6 heteroatoms. The summed E-state index contributed by atoms with van der Waals surface area (Å²) in [5.74, 6) is 0.530. The molecule has 0 radical (unpaired) electrons. The van der Waals surface area contributed by atoms with Crippen molar-refractivity contribution in [3.8, 4) is 5.75 Å². The molecule has 2 rings (SSSR count). The van der Waals surface area contributed by atoms with Crippen molar-refractivity contribution in [2.24, 2.45) is 0 Å². The highest BCUT2D eigenvalue weighted by atomic mass is 35.5. The number of nitrogens with one attached hydrogen (secondary N) is 1. The van der Waals surface area contributed by atoms with Gasteiger partial charge in [0.15, 0.2) is 0 Å². The van der Waals surface area contributed by atoms with E-state index in [9.17, 15) is 4.79 Å². The molecule has 0 aromatic heterocycles. The van der Waals surface area contributed by atoms with Crippen LogP contribution in [0.2, 0.25) is 5.02 Å². The van der Waals surface area contributed by atoms with Crippen LogP contribution in [0.25, 0.3) is 0 Å². The smallest absolute Gasteiger partial charge is 0.323 e. The van der Waals surface area contributed by atoms with Gasteiger partial charge < -0.3 is 14.8 Å². The minimum atomic E-state index is -0.270. The van der Waals surface area contributed by atoms with Crippen molar-refractivity contribution in [3.05, 3.63) is 28.8 Å². The molecule has 4 nitrogen and oxygen atoms in total. The summed E-state index contributed by atoms with van der Waals surface area (Å²) >= 11 is 5.95. The topological polar surface area (TPSA) is 47.6 Å². The Kier molecular flexibility index (Phi) is 5.91. The second-order valence-corrected chi connectivity index (χ2v) is 4.78. The van der Waals surface area contributed by atoms with E-state index in [1.807, 2.05) is 25.1 Å². The van der Waals surface area contributed by atoms with Gasteiger partial charge in [-0.2, -0.15) is 0 Å². The van der Waals surface area contributed by atoms with Gasteiger partial charge in [0.1, 0.15) is 17.9 Å². The molecule has 2 atom stereocenters. The lowest BCUT2D eigenvalue weighted by Gasteiger charge is -2.13. The zero-order valence-electron chi connectivity index (χ0n) is 10.8. The molecule has 1 fully saturated rings. The monoisotopic (exact) mass is 305 g/mol. The molecular formula is C13H17Cl2NO3. The molecule has 1 aliphatic heterocycles. The Morgan fingerprint density at radius 2 is 2.21 bits per heavy atom. The summed E-state index contributed by atoms with van der Waals surface area (Å²) in [5, 5.41) is 3.80. The lowest BCUT2D eigenvalue weighted by molar-refractivity contribution is -0.142. The lowest BCUT2D eigenvalue weighted by Crippen LogP contribution is -2.31. The SMILES string of the molecule is COC(=O)[C@@H]1C[C@@H](Oc2ccc(Cl)c(C)c2)CN1.Cl. The maximum atomic E-state index is 11.4. The van der Waals surface area contributed by atoms with E-state index >= 15 is 0 Å². The normalized spacial score (nSPS) is 21.6. The van der Waals surface area contributed by atoms with E-state index in [1.165, 1.54) is 7.11 Å². The Labute approximate surface area is 123 Å². The minimum absolute atomic E-state index is 0.